The van der Waals surface area contributed by atoms with Gasteiger partial charge in [0.25, 0.3) is 0 Å². The lowest BCUT2D eigenvalue weighted by molar-refractivity contribution is -0.117. The van der Waals surface area contributed by atoms with Crippen LogP contribution < -0.4 is 0 Å². The topological polar surface area (TPSA) is 108 Å². The van der Waals surface area contributed by atoms with Gasteiger partial charge in [-0.1, -0.05) is 29.5 Å². The van der Waals surface area contributed by atoms with Gasteiger partial charge in [-0.2, -0.15) is 9.94 Å². The van der Waals surface area contributed by atoms with E-state index in [-0.39, 0.29) is 17.2 Å². The molecule has 112 valence electrons. The third-order valence-corrected chi connectivity index (χ3v) is 3.89. The van der Waals surface area contributed by atoms with Gasteiger partial charge in [0.2, 0.25) is 5.16 Å². The summed E-state index contributed by atoms with van der Waals surface area (Å²) >= 11 is 1.15. The molecule has 1 unspecified atom stereocenters. The van der Waals surface area contributed by atoms with Crippen LogP contribution >= 0.6 is 11.8 Å². The Morgan fingerprint density at radius 2 is 2.14 bits per heavy atom. The maximum absolute atomic E-state index is 11.9. The van der Waals surface area contributed by atoms with Crippen molar-refractivity contribution in [3.63, 3.8) is 0 Å². The van der Waals surface area contributed by atoms with Gasteiger partial charge in [0, 0.05) is 5.71 Å². The molecule has 1 aromatic heterocycles. The molecule has 1 aromatic carbocycles. The van der Waals surface area contributed by atoms with Crippen LogP contribution in [0.1, 0.15) is 12.5 Å². The summed E-state index contributed by atoms with van der Waals surface area (Å²) < 4.78 is 1.54. The Kier molecular flexibility index (Phi) is 5.01. The van der Waals surface area contributed by atoms with Gasteiger partial charge in [0.05, 0.1) is 17.5 Å². The molecule has 0 radical (unpaired) electrons. The highest BCUT2D eigenvalue weighted by molar-refractivity contribution is 7.99. The van der Waals surface area contributed by atoms with Crippen molar-refractivity contribution >= 4 is 23.3 Å². The van der Waals surface area contributed by atoms with Crippen molar-refractivity contribution in [2.75, 3.05) is 5.75 Å². The number of aromatic nitrogens is 4. The van der Waals surface area contributed by atoms with Gasteiger partial charge in [-0.25, -0.2) is 0 Å². The third-order valence-electron chi connectivity index (χ3n) is 2.95. The maximum Gasteiger partial charge on any atom is 0.214 e. The van der Waals surface area contributed by atoms with Gasteiger partial charge in [0.1, 0.15) is 5.92 Å². The van der Waals surface area contributed by atoms with E-state index in [1.54, 1.807) is 0 Å². The molecule has 0 aliphatic rings. The minimum absolute atomic E-state index is 0.0423. The van der Waals surface area contributed by atoms with Crippen LogP contribution in [0.25, 0.3) is 5.69 Å². The molecule has 1 heterocycles. The molecular formula is C14H14N6OS. The summed E-state index contributed by atoms with van der Waals surface area (Å²) in [5, 5.41) is 28.2. The number of nitriles is 1. The van der Waals surface area contributed by atoms with Crippen LogP contribution in [0.4, 0.5) is 0 Å². The zero-order valence-corrected chi connectivity index (χ0v) is 13.0. The Morgan fingerprint density at radius 1 is 1.45 bits per heavy atom. The fourth-order valence-electron chi connectivity index (χ4n) is 1.75. The Hall–Kier alpha value is -2.53. The van der Waals surface area contributed by atoms with Crippen LogP contribution in [-0.4, -0.2) is 37.5 Å². The summed E-state index contributed by atoms with van der Waals surface area (Å²) in [5.41, 5.74) is 1.97. The predicted octanol–water partition coefficient (Wildman–Crippen LogP) is 1.81. The average molecular weight is 314 g/mol. The van der Waals surface area contributed by atoms with Gasteiger partial charge in [-0.3, -0.25) is 4.79 Å². The summed E-state index contributed by atoms with van der Waals surface area (Å²) in [6.07, 6.45) is 0. The molecule has 0 fully saturated rings. The Balaban J connectivity index is 2.11. The SMILES string of the molecule is CC(=N)C(C#N)C(=O)CSc1nnnn1-c1ccc(C)cc1. The first-order chi connectivity index (χ1) is 10.5. The second-order valence-corrected chi connectivity index (χ2v) is 5.65. The minimum Gasteiger partial charge on any atom is -0.308 e. The molecule has 22 heavy (non-hydrogen) atoms. The summed E-state index contributed by atoms with van der Waals surface area (Å²) in [4.78, 5) is 11.9. The van der Waals surface area contributed by atoms with Crippen molar-refractivity contribution in [1.29, 1.82) is 10.7 Å². The molecule has 2 aromatic rings. The van der Waals surface area contributed by atoms with E-state index >= 15 is 0 Å². The van der Waals surface area contributed by atoms with E-state index in [1.807, 2.05) is 37.3 Å². The second-order valence-electron chi connectivity index (χ2n) is 4.71. The van der Waals surface area contributed by atoms with Gasteiger partial charge >= 0.3 is 0 Å². The first kappa shape index (κ1) is 15.9. The van der Waals surface area contributed by atoms with Crippen LogP contribution in [0.15, 0.2) is 29.4 Å². The molecule has 0 spiro atoms. The third kappa shape index (κ3) is 3.56. The minimum atomic E-state index is -1.00. The standard InChI is InChI=1S/C14H14N6OS/c1-9-3-5-11(6-4-9)20-14(17-18-19-20)22-8-13(21)12(7-15)10(2)16/h3-6,12,16H,8H2,1-2H3. The molecular weight excluding hydrogens is 300 g/mol. The summed E-state index contributed by atoms with van der Waals surface area (Å²) in [7, 11) is 0. The van der Waals surface area contributed by atoms with Crippen molar-refractivity contribution in [1.82, 2.24) is 20.2 Å². The first-order valence-electron chi connectivity index (χ1n) is 6.48. The number of aryl methyl sites for hydroxylation is 1. The van der Waals surface area contributed by atoms with E-state index in [0.29, 0.717) is 5.16 Å². The zero-order valence-electron chi connectivity index (χ0n) is 12.1. The van der Waals surface area contributed by atoms with Crippen molar-refractivity contribution in [3.05, 3.63) is 29.8 Å². The molecule has 0 amide bonds. The van der Waals surface area contributed by atoms with E-state index in [1.165, 1.54) is 11.6 Å². The predicted molar refractivity (Wildman–Crippen MR) is 82.1 cm³/mol. The largest absolute Gasteiger partial charge is 0.308 e. The molecule has 7 nitrogen and oxygen atoms in total. The number of thioether (sulfide) groups is 1. The molecule has 0 saturated heterocycles. The molecule has 2 rings (SSSR count). The first-order valence-corrected chi connectivity index (χ1v) is 7.47. The molecule has 1 N–H and O–H groups in total. The fraction of sp³-hybridized carbons (Fsp3) is 0.286. The Bertz CT molecular complexity index is 731. The van der Waals surface area contributed by atoms with Crippen molar-refractivity contribution < 1.29 is 4.79 Å². The van der Waals surface area contributed by atoms with E-state index in [2.05, 4.69) is 15.5 Å². The lowest BCUT2D eigenvalue weighted by atomic mass is 10.0. The van der Waals surface area contributed by atoms with E-state index in [9.17, 15) is 4.79 Å². The molecule has 0 aliphatic carbocycles. The lowest BCUT2D eigenvalue weighted by Crippen LogP contribution is -2.21. The molecule has 0 bridgehead atoms. The van der Waals surface area contributed by atoms with Crippen molar-refractivity contribution in [2.24, 2.45) is 5.92 Å². The summed E-state index contributed by atoms with van der Waals surface area (Å²) in [6, 6.07) is 9.50. The highest BCUT2D eigenvalue weighted by Crippen LogP contribution is 2.19. The highest BCUT2D eigenvalue weighted by atomic mass is 32.2. The van der Waals surface area contributed by atoms with Crippen molar-refractivity contribution in [3.8, 4) is 11.8 Å². The van der Waals surface area contributed by atoms with Crippen LogP contribution in [0.5, 0.6) is 0 Å². The summed E-state index contributed by atoms with van der Waals surface area (Å²) in [5.74, 6) is -1.28. The van der Waals surface area contributed by atoms with E-state index < -0.39 is 5.92 Å². The van der Waals surface area contributed by atoms with E-state index in [0.717, 1.165) is 23.0 Å². The number of carbonyl (C=O) groups is 1. The van der Waals surface area contributed by atoms with Crippen LogP contribution in [0, 0.1) is 29.6 Å². The number of carbonyl (C=O) groups excluding carboxylic acids is 1. The number of tetrazole rings is 1. The number of Topliss-reactive ketones (excluding diaryl/α,β-unsaturated/α-hetero) is 1. The number of nitrogens with one attached hydrogen (secondary N) is 1. The Morgan fingerprint density at radius 3 is 2.73 bits per heavy atom. The summed E-state index contributed by atoms with van der Waals surface area (Å²) in [6.45, 7) is 3.44. The fourth-order valence-corrected chi connectivity index (χ4v) is 2.54. The molecule has 1 atom stereocenters. The van der Waals surface area contributed by atoms with Crippen molar-refractivity contribution in [2.45, 2.75) is 19.0 Å². The average Bonchev–Trinajstić information content (AvgIpc) is 2.94. The highest BCUT2D eigenvalue weighted by Gasteiger charge is 2.21. The van der Waals surface area contributed by atoms with Crippen LogP contribution in [-0.2, 0) is 4.79 Å². The number of rotatable bonds is 6. The second kappa shape index (κ2) is 6.95. The van der Waals surface area contributed by atoms with Gasteiger partial charge in [-0.05, 0) is 36.4 Å². The monoisotopic (exact) mass is 314 g/mol. The van der Waals surface area contributed by atoms with Crippen LogP contribution in [0.2, 0.25) is 0 Å². The zero-order chi connectivity index (χ0) is 16.1. The van der Waals surface area contributed by atoms with E-state index in [4.69, 9.17) is 10.7 Å². The number of nitrogens with zero attached hydrogens (tertiary/aromatic N) is 5. The number of hydrogen-bond donors (Lipinski definition) is 1. The number of hydrogen-bond acceptors (Lipinski definition) is 7. The molecule has 0 saturated carbocycles. The lowest BCUT2D eigenvalue weighted by Gasteiger charge is -2.06. The van der Waals surface area contributed by atoms with Gasteiger partial charge in [0.15, 0.2) is 5.78 Å². The smallest absolute Gasteiger partial charge is 0.214 e. The number of ketones is 1. The maximum atomic E-state index is 11.9. The Labute approximate surface area is 131 Å². The number of benzene rings is 1. The molecule has 0 aliphatic heterocycles. The molecule has 8 heteroatoms. The van der Waals surface area contributed by atoms with Crippen LogP contribution in [0.3, 0.4) is 0 Å². The normalized spacial score (nSPS) is 11.7. The quantitative estimate of drug-likeness (QED) is 0.643. The van der Waals surface area contributed by atoms with Gasteiger partial charge < -0.3 is 5.41 Å². The van der Waals surface area contributed by atoms with Gasteiger partial charge in [-0.15, -0.1) is 5.10 Å².